The molecule has 3 rings (SSSR count). The summed E-state index contributed by atoms with van der Waals surface area (Å²) in [6.07, 6.45) is -4.71. The molecule has 0 bridgehead atoms. The maximum atomic E-state index is 9.85. The summed E-state index contributed by atoms with van der Waals surface area (Å²) in [5, 5.41) is 30.9. The molecule has 4 atom stereocenters. The van der Waals surface area contributed by atoms with Crippen LogP contribution in [0, 0.1) is 0 Å². The highest BCUT2D eigenvalue weighted by molar-refractivity contribution is 7.80. The van der Waals surface area contributed by atoms with Gasteiger partial charge in [0.05, 0.1) is 6.61 Å². The standard InChI is InChI=1S/C15H16O5S/c16-12-7-19-15(14(18)13(12)17)20-10-3-1-8-2-4-11(21)6-9(8)5-10/h1-6,12-18,21H,7H2/t12-,13+,14-,15+/m1/s1. The van der Waals surface area contributed by atoms with Crippen LogP contribution in [0.1, 0.15) is 0 Å². The smallest absolute Gasteiger partial charge is 0.228 e. The lowest BCUT2D eigenvalue weighted by molar-refractivity contribution is -0.242. The van der Waals surface area contributed by atoms with Crippen molar-refractivity contribution in [1.82, 2.24) is 0 Å². The predicted molar refractivity (Wildman–Crippen MR) is 79.6 cm³/mol. The zero-order valence-electron chi connectivity index (χ0n) is 11.1. The van der Waals surface area contributed by atoms with Crippen molar-refractivity contribution >= 4 is 23.4 Å². The second-order valence-electron chi connectivity index (χ2n) is 5.06. The van der Waals surface area contributed by atoms with Crippen molar-refractivity contribution in [3.63, 3.8) is 0 Å². The molecule has 0 aromatic heterocycles. The van der Waals surface area contributed by atoms with Crippen LogP contribution >= 0.6 is 12.6 Å². The molecule has 1 heterocycles. The van der Waals surface area contributed by atoms with Gasteiger partial charge in [0.2, 0.25) is 6.29 Å². The minimum Gasteiger partial charge on any atom is -0.462 e. The zero-order chi connectivity index (χ0) is 15.0. The third-order valence-electron chi connectivity index (χ3n) is 3.50. The van der Waals surface area contributed by atoms with Gasteiger partial charge in [0, 0.05) is 4.90 Å². The van der Waals surface area contributed by atoms with Gasteiger partial charge in [0.15, 0.2) is 0 Å². The Morgan fingerprint density at radius 1 is 1.00 bits per heavy atom. The highest BCUT2D eigenvalue weighted by Crippen LogP contribution is 2.26. The fraction of sp³-hybridized carbons (Fsp3) is 0.333. The number of fused-ring (bicyclic) bond motifs is 1. The molecular formula is C15H16O5S. The molecule has 0 spiro atoms. The van der Waals surface area contributed by atoms with E-state index in [0.717, 1.165) is 15.7 Å². The summed E-state index contributed by atoms with van der Waals surface area (Å²) in [7, 11) is 0. The molecule has 0 radical (unpaired) electrons. The monoisotopic (exact) mass is 308 g/mol. The highest BCUT2D eigenvalue weighted by Gasteiger charge is 2.38. The van der Waals surface area contributed by atoms with Crippen LogP contribution < -0.4 is 4.74 Å². The lowest BCUT2D eigenvalue weighted by Crippen LogP contribution is -2.54. The van der Waals surface area contributed by atoms with E-state index in [4.69, 9.17) is 9.47 Å². The van der Waals surface area contributed by atoms with Crippen molar-refractivity contribution in [3.05, 3.63) is 36.4 Å². The molecule has 1 fully saturated rings. The van der Waals surface area contributed by atoms with Crippen LogP contribution in [-0.2, 0) is 4.74 Å². The zero-order valence-corrected chi connectivity index (χ0v) is 12.0. The largest absolute Gasteiger partial charge is 0.462 e. The van der Waals surface area contributed by atoms with Gasteiger partial charge in [-0.3, -0.25) is 0 Å². The fourth-order valence-corrected chi connectivity index (χ4v) is 2.52. The van der Waals surface area contributed by atoms with E-state index in [1.165, 1.54) is 0 Å². The van der Waals surface area contributed by atoms with Gasteiger partial charge in [0.1, 0.15) is 24.1 Å². The molecular weight excluding hydrogens is 292 g/mol. The van der Waals surface area contributed by atoms with Gasteiger partial charge >= 0.3 is 0 Å². The van der Waals surface area contributed by atoms with E-state index < -0.39 is 24.6 Å². The maximum Gasteiger partial charge on any atom is 0.228 e. The first kappa shape index (κ1) is 14.6. The summed E-state index contributed by atoms with van der Waals surface area (Å²) >= 11 is 4.29. The molecule has 21 heavy (non-hydrogen) atoms. The molecule has 5 nitrogen and oxygen atoms in total. The Morgan fingerprint density at radius 3 is 2.57 bits per heavy atom. The molecule has 3 N–H and O–H groups in total. The van der Waals surface area contributed by atoms with Crippen LogP contribution in [0.3, 0.4) is 0 Å². The highest BCUT2D eigenvalue weighted by atomic mass is 32.1. The van der Waals surface area contributed by atoms with Crippen LogP contribution in [0.4, 0.5) is 0 Å². The van der Waals surface area contributed by atoms with Crippen molar-refractivity contribution in [2.75, 3.05) is 6.61 Å². The molecule has 2 aromatic carbocycles. The van der Waals surface area contributed by atoms with Crippen molar-refractivity contribution < 1.29 is 24.8 Å². The van der Waals surface area contributed by atoms with Crippen LogP contribution in [0.2, 0.25) is 0 Å². The SMILES string of the molecule is O[C@@H]1[C@@H](O)[C@H](Oc2ccc3ccc(S)cc3c2)OC[C@H]1O. The van der Waals surface area contributed by atoms with Crippen molar-refractivity contribution in [3.8, 4) is 5.75 Å². The minimum atomic E-state index is -1.30. The van der Waals surface area contributed by atoms with Gasteiger partial charge in [-0.15, -0.1) is 12.6 Å². The van der Waals surface area contributed by atoms with Gasteiger partial charge in [-0.25, -0.2) is 0 Å². The van der Waals surface area contributed by atoms with E-state index >= 15 is 0 Å². The number of thiol groups is 1. The molecule has 1 aliphatic rings. The average molecular weight is 308 g/mol. The summed E-state index contributed by atoms with van der Waals surface area (Å²) < 4.78 is 10.8. The first-order chi connectivity index (χ1) is 10.0. The number of ether oxygens (including phenoxy) is 2. The van der Waals surface area contributed by atoms with Gasteiger partial charge in [0.25, 0.3) is 0 Å². The molecule has 2 aromatic rings. The van der Waals surface area contributed by atoms with Gasteiger partial charge in [-0.1, -0.05) is 12.1 Å². The average Bonchev–Trinajstić information content (AvgIpc) is 2.47. The van der Waals surface area contributed by atoms with E-state index in [2.05, 4.69) is 12.6 Å². The van der Waals surface area contributed by atoms with E-state index in [-0.39, 0.29) is 6.61 Å². The Kier molecular flexibility index (Phi) is 4.05. The number of hydrogen-bond acceptors (Lipinski definition) is 6. The molecule has 0 aliphatic carbocycles. The summed E-state index contributed by atoms with van der Waals surface area (Å²) in [6.45, 7) is -0.0860. The quantitative estimate of drug-likeness (QED) is 0.621. The molecule has 1 saturated heterocycles. The summed E-state index contributed by atoms with van der Waals surface area (Å²) in [5.41, 5.74) is 0. The van der Waals surface area contributed by atoms with Crippen molar-refractivity contribution in [2.24, 2.45) is 0 Å². The van der Waals surface area contributed by atoms with Crippen molar-refractivity contribution in [2.45, 2.75) is 29.5 Å². The van der Waals surface area contributed by atoms with E-state index in [0.29, 0.717) is 5.75 Å². The Hall–Kier alpha value is -1.31. The van der Waals surface area contributed by atoms with E-state index in [9.17, 15) is 15.3 Å². The molecule has 0 saturated carbocycles. The predicted octanol–water partition coefficient (Wildman–Crippen LogP) is 0.946. The number of aliphatic hydroxyl groups is 3. The summed E-state index contributed by atoms with van der Waals surface area (Å²) in [5.74, 6) is 0.508. The summed E-state index contributed by atoms with van der Waals surface area (Å²) in [6, 6.07) is 11.2. The minimum absolute atomic E-state index is 0.0860. The number of hydrogen-bond donors (Lipinski definition) is 4. The molecule has 0 amide bonds. The number of aliphatic hydroxyl groups excluding tert-OH is 3. The Morgan fingerprint density at radius 2 is 1.76 bits per heavy atom. The number of benzene rings is 2. The Balaban J connectivity index is 1.81. The summed E-state index contributed by atoms with van der Waals surface area (Å²) in [4.78, 5) is 0.840. The van der Waals surface area contributed by atoms with Gasteiger partial charge < -0.3 is 24.8 Å². The van der Waals surface area contributed by atoms with Gasteiger partial charge in [-0.05, 0) is 35.0 Å². The number of rotatable bonds is 2. The maximum absolute atomic E-state index is 9.85. The molecule has 112 valence electrons. The lowest BCUT2D eigenvalue weighted by atomic mass is 10.1. The Bertz CT molecular complexity index is 647. The van der Waals surface area contributed by atoms with Crippen LogP contribution in [0.25, 0.3) is 10.8 Å². The third kappa shape index (κ3) is 3.00. The molecule has 1 aliphatic heterocycles. The normalized spacial score (nSPS) is 29.5. The van der Waals surface area contributed by atoms with Crippen LogP contribution in [0.5, 0.6) is 5.75 Å². The topological polar surface area (TPSA) is 79.2 Å². The second-order valence-corrected chi connectivity index (χ2v) is 5.58. The fourth-order valence-electron chi connectivity index (χ4n) is 2.30. The van der Waals surface area contributed by atoms with Gasteiger partial charge in [-0.2, -0.15) is 0 Å². The van der Waals surface area contributed by atoms with E-state index in [1.807, 2.05) is 30.3 Å². The first-order valence-corrected chi connectivity index (χ1v) is 7.04. The second kappa shape index (κ2) is 5.82. The Labute approximate surface area is 127 Å². The third-order valence-corrected chi connectivity index (χ3v) is 3.78. The first-order valence-electron chi connectivity index (χ1n) is 6.60. The molecule has 0 unspecified atom stereocenters. The van der Waals surface area contributed by atoms with Crippen molar-refractivity contribution in [1.29, 1.82) is 0 Å². The molecule has 6 heteroatoms. The lowest BCUT2D eigenvalue weighted by Gasteiger charge is -2.34. The van der Waals surface area contributed by atoms with Crippen LogP contribution in [-0.4, -0.2) is 46.5 Å². The van der Waals surface area contributed by atoms with E-state index in [1.54, 1.807) is 6.07 Å². The van der Waals surface area contributed by atoms with Crippen LogP contribution in [0.15, 0.2) is 41.3 Å².